The molecule has 4 nitrogen and oxygen atoms in total. The Morgan fingerprint density at radius 2 is 1.80 bits per heavy atom. The first-order chi connectivity index (χ1) is 9.51. The van der Waals surface area contributed by atoms with Crippen molar-refractivity contribution in [1.82, 2.24) is 5.32 Å². The predicted octanol–water partition coefficient (Wildman–Crippen LogP) is 2.86. The standard InChI is InChI=1S/C14H15ClN2O2S/c1-16-10-11-3-2-4-14(9-11)20(18,19)17-13-7-5-12(15)6-8-13/h2-9,16-17H,10H2,1H3. The number of rotatable bonds is 5. The molecule has 0 unspecified atom stereocenters. The van der Waals surface area contributed by atoms with Crippen molar-refractivity contribution in [3.8, 4) is 0 Å². The maximum absolute atomic E-state index is 12.3. The van der Waals surface area contributed by atoms with Gasteiger partial charge < -0.3 is 5.32 Å². The maximum Gasteiger partial charge on any atom is 0.261 e. The minimum Gasteiger partial charge on any atom is -0.316 e. The van der Waals surface area contributed by atoms with Gasteiger partial charge in [0.05, 0.1) is 4.90 Å². The van der Waals surface area contributed by atoms with E-state index in [0.29, 0.717) is 17.3 Å². The molecule has 0 saturated carbocycles. The molecule has 2 N–H and O–H groups in total. The summed E-state index contributed by atoms with van der Waals surface area (Å²) >= 11 is 5.77. The number of nitrogens with one attached hydrogen (secondary N) is 2. The number of hydrogen-bond donors (Lipinski definition) is 2. The second kappa shape index (κ2) is 6.26. The normalized spacial score (nSPS) is 11.3. The van der Waals surface area contributed by atoms with Gasteiger partial charge in [0.2, 0.25) is 0 Å². The van der Waals surface area contributed by atoms with Gasteiger partial charge in [0.15, 0.2) is 0 Å². The van der Waals surface area contributed by atoms with E-state index in [2.05, 4.69) is 10.0 Å². The lowest BCUT2D eigenvalue weighted by atomic mass is 10.2. The summed E-state index contributed by atoms with van der Waals surface area (Å²) in [5.41, 5.74) is 1.39. The highest BCUT2D eigenvalue weighted by Gasteiger charge is 2.14. The topological polar surface area (TPSA) is 58.2 Å². The van der Waals surface area contributed by atoms with Crippen molar-refractivity contribution in [2.75, 3.05) is 11.8 Å². The first-order valence-electron chi connectivity index (χ1n) is 6.03. The van der Waals surface area contributed by atoms with Crippen LogP contribution < -0.4 is 10.0 Å². The summed E-state index contributed by atoms with van der Waals surface area (Å²) in [5, 5.41) is 3.55. The fourth-order valence-corrected chi connectivity index (χ4v) is 3.01. The smallest absolute Gasteiger partial charge is 0.261 e. The quantitative estimate of drug-likeness (QED) is 0.893. The van der Waals surface area contributed by atoms with Crippen LogP contribution in [0.1, 0.15) is 5.56 Å². The van der Waals surface area contributed by atoms with Crippen molar-refractivity contribution in [1.29, 1.82) is 0 Å². The molecule has 0 fully saturated rings. The van der Waals surface area contributed by atoms with E-state index < -0.39 is 10.0 Å². The van der Waals surface area contributed by atoms with Crippen LogP contribution in [0.2, 0.25) is 5.02 Å². The van der Waals surface area contributed by atoms with E-state index in [9.17, 15) is 8.42 Å². The molecule has 6 heteroatoms. The van der Waals surface area contributed by atoms with Crippen LogP contribution in [0.3, 0.4) is 0 Å². The van der Waals surface area contributed by atoms with Crippen molar-refractivity contribution >= 4 is 27.3 Å². The Kier molecular flexibility index (Phi) is 4.65. The Balaban J connectivity index is 2.25. The molecule has 0 aromatic heterocycles. The highest BCUT2D eigenvalue weighted by Crippen LogP contribution is 2.19. The van der Waals surface area contributed by atoms with Crippen molar-refractivity contribution in [3.63, 3.8) is 0 Å². The second-order valence-electron chi connectivity index (χ2n) is 4.29. The van der Waals surface area contributed by atoms with Crippen LogP contribution in [0, 0.1) is 0 Å². The Hall–Kier alpha value is -1.56. The van der Waals surface area contributed by atoms with Crippen LogP contribution in [0.15, 0.2) is 53.4 Å². The summed E-state index contributed by atoms with van der Waals surface area (Å²) < 4.78 is 27.1. The first kappa shape index (κ1) is 14.8. The molecule has 2 aromatic carbocycles. The minimum atomic E-state index is -3.59. The van der Waals surface area contributed by atoms with Crippen molar-refractivity contribution < 1.29 is 8.42 Å². The molecule has 0 bridgehead atoms. The van der Waals surface area contributed by atoms with Crippen LogP contribution >= 0.6 is 11.6 Å². The zero-order valence-electron chi connectivity index (χ0n) is 10.9. The second-order valence-corrected chi connectivity index (χ2v) is 6.41. The number of hydrogen-bond acceptors (Lipinski definition) is 3. The molecule has 20 heavy (non-hydrogen) atoms. The van der Waals surface area contributed by atoms with Crippen molar-refractivity contribution in [2.45, 2.75) is 11.4 Å². The van der Waals surface area contributed by atoms with Crippen LogP contribution in [0.25, 0.3) is 0 Å². The summed E-state index contributed by atoms with van der Waals surface area (Å²) in [6, 6.07) is 13.3. The molecule has 0 aliphatic rings. The van der Waals surface area contributed by atoms with Gasteiger partial charge >= 0.3 is 0 Å². The van der Waals surface area contributed by atoms with Gasteiger partial charge in [-0.1, -0.05) is 23.7 Å². The van der Waals surface area contributed by atoms with Gasteiger partial charge in [0.25, 0.3) is 10.0 Å². The average Bonchev–Trinajstić information content (AvgIpc) is 2.42. The highest BCUT2D eigenvalue weighted by atomic mass is 35.5. The van der Waals surface area contributed by atoms with Crippen LogP contribution in [-0.2, 0) is 16.6 Å². The van der Waals surface area contributed by atoms with Crippen LogP contribution in [-0.4, -0.2) is 15.5 Å². The summed E-state index contributed by atoms with van der Waals surface area (Å²) in [6.45, 7) is 0.615. The number of anilines is 1. The number of sulfonamides is 1. The Morgan fingerprint density at radius 3 is 2.45 bits per heavy atom. The number of benzene rings is 2. The lowest BCUT2D eigenvalue weighted by molar-refractivity contribution is 0.601. The van der Waals surface area contributed by atoms with E-state index in [-0.39, 0.29) is 4.90 Å². The van der Waals surface area contributed by atoms with Gasteiger partial charge in [-0.15, -0.1) is 0 Å². The maximum atomic E-state index is 12.3. The lowest BCUT2D eigenvalue weighted by Gasteiger charge is -2.09. The van der Waals surface area contributed by atoms with Gasteiger partial charge in [0, 0.05) is 17.3 Å². The van der Waals surface area contributed by atoms with E-state index >= 15 is 0 Å². The lowest BCUT2D eigenvalue weighted by Crippen LogP contribution is -2.14. The van der Waals surface area contributed by atoms with E-state index in [4.69, 9.17) is 11.6 Å². The Bertz CT molecular complexity index is 685. The van der Waals surface area contributed by atoms with Gasteiger partial charge in [-0.3, -0.25) is 4.72 Å². The van der Waals surface area contributed by atoms with Crippen molar-refractivity contribution in [3.05, 3.63) is 59.1 Å². The summed E-state index contributed by atoms with van der Waals surface area (Å²) in [7, 11) is -1.78. The number of halogens is 1. The molecule has 0 aliphatic carbocycles. The summed E-state index contributed by atoms with van der Waals surface area (Å²) in [6.07, 6.45) is 0. The molecule has 106 valence electrons. The molecule has 0 radical (unpaired) electrons. The zero-order valence-corrected chi connectivity index (χ0v) is 12.5. The Morgan fingerprint density at radius 1 is 1.10 bits per heavy atom. The van der Waals surface area contributed by atoms with Crippen LogP contribution in [0.4, 0.5) is 5.69 Å². The van der Waals surface area contributed by atoms with Gasteiger partial charge in [-0.2, -0.15) is 0 Å². The molecule has 0 spiro atoms. The molecular weight excluding hydrogens is 296 g/mol. The van der Waals surface area contributed by atoms with E-state index in [0.717, 1.165) is 5.56 Å². The molecule has 2 rings (SSSR count). The third-order valence-electron chi connectivity index (χ3n) is 2.69. The largest absolute Gasteiger partial charge is 0.316 e. The predicted molar refractivity (Wildman–Crippen MR) is 81.5 cm³/mol. The first-order valence-corrected chi connectivity index (χ1v) is 7.89. The SMILES string of the molecule is CNCc1cccc(S(=O)(=O)Nc2ccc(Cl)cc2)c1. The van der Waals surface area contributed by atoms with Gasteiger partial charge in [-0.25, -0.2) is 8.42 Å². The molecule has 0 amide bonds. The van der Waals surface area contributed by atoms with Crippen molar-refractivity contribution in [2.24, 2.45) is 0 Å². The molecule has 0 heterocycles. The van der Waals surface area contributed by atoms with E-state index in [1.54, 1.807) is 42.5 Å². The molecular formula is C14H15ClN2O2S. The summed E-state index contributed by atoms with van der Waals surface area (Å²) in [4.78, 5) is 0.236. The zero-order chi connectivity index (χ0) is 14.6. The minimum absolute atomic E-state index is 0.236. The van der Waals surface area contributed by atoms with E-state index in [1.807, 2.05) is 13.1 Å². The fourth-order valence-electron chi connectivity index (χ4n) is 1.76. The molecule has 0 aliphatic heterocycles. The average molecular weight is 311 g/mol. The third-order valence-corrected chi connectivity index (χ3v) is 4.32. The van der Waals surface area contributed by atoms with Gasteiger partial charge in [0.1, 0.15) is 0 Å². The third kappa shape index (κ3) is 3.72. The highest BCUT2D eigenvalue weighted by molar-refractivity contribution is 7.92. The van der Waals surface area contributed by atoms with Crippen LogP contribution in [0.5, 0.6) is 0 Å². The monoisotopic (exact) mass is 310 g/mol. The van der Waals surface area contributed by atoms with Gasteiger partial charge in [-0.05, 0) is 49.0 Å². The summed E-state index contributed by atoms with van der Waals surface area (Å²) in [5.74, 6) is 0. The van der Waals surface area contributed by atoms with E-state index in [1.165, 1.54) is 0 Å². The Labute approximate surface area is 123 Å². The molecule has 0 atom stereocenters. The molecule has 0 saturated heterocycles. The molecule has 2 aromatic rings. The fraction of sp³-hybridized carbons (Fsp3) is 0.143.